The fourth-order valence-electron chi connectivity index (χ4n) is 3.49. The summed E-state index contributed by atoms with van der Waals surface area (Å²) in [7, 11) is 0. The zero-order valence-electron chi connectivity index (χ0n) is 16.1. The first kappa shape index (κ1) is 22.9. The molecule has 0 amide bonds. The van der Waals surface area contributed by atoms with Gasteiger partial charge >= 0.3 is 0 Å². The monoisotopic (exact) mass is 490 g/mol. The Bertz CT molecular complexity index is 1170. The first-order valence-corrected chi connectivity index (χ1v) is 10.2. The zero-order chi connectivity index (χ0) is 23.0. The summed E-state index contributed by atoms with van der Waals surface area (Å²) in [4.78, 5) is 11.5. The van der Waals surface area contributed by atoms with Gasteiger partial charge in [-0.1, -0.05) is 34.4 Å². The summed E-state index contributed by atoms with van der Waals surface area (Å²) in [5.74, 6) is 0. The first-order chi connectivity index (χ1) is 15.3. The van der Waals surface area contributed by atoms with E-state index in [2.05, 4.69) is 20.0 Å². The third kappa shape index (κ3) is 4.32. The fraction of sp³-hybridized carbons (Fsp3) is 0.368. The molecule has 0 radical (unpaired) electrons. The number of halogens is 4. The number of aliphatic hydroxyl groups is 3. The van der Waals surface area contributed by atoms with Gasteiger partial charge in [-0.05, 0) is 23.8 Å². The van der Waals surface area contributed by atoms with Crippen molar-refractivity contribution < 1.29 is 33.7 Å². The molecule has 1 aliphatic heterocycles. The molecule has 4 N–H and O–H groups in total. The third-order valence-electron chi connectivity index (χ3n) is 5.03. The average molecular weight is 491 g/mol. The largest absolute Gasteiger partial charge is 0.388 e. The minimum absolute atomic E-state index is 0.134. The smallest absolute Gasteiger partial charge is 0.274 e. The van der Waals surface area contributed by atoms with E-state index in [9.17, 15) is 24.1 Å². The Morgan fingerprint density at radius 3 is 2.72 bits per heavy atom. The highest BCUT2D eigenvalue weighted by Gasteiger charge is 2.47. The molecular weight excluding hydrogens is 473 g/mol. The lowest BCUT2D eigenvalue weighted by Crippen LogP contribution is -2.34. The maximum atomic E-state index is 12.3. The Morgan fingerprint density at radius 1 is 1.22 bits per heavy atom. The van der Waals surface area contributed by atoms with Gasteiger partial charge < -0.3 is 34.4 Å². The predicted octanol–water partition coefficient (Wildman–Crippen LogP) is 2.12. The molecule has 1 aromatic carbocycles. The summed E-state index contributed by atoms with van der Waals surface area (Å²) in [6, 6.07) is 6.04. The number of rotatable bonds is 6. The molecule has 1 unspecified atom stereocenters. The van der Waals surface area contributed by atoms with Gasteiger partial charge in [0.1, 0.15) is 30.1 Å². The molecule has 0 spiro atoms. The number of benzene rings is 1. The van der Waals surface area contributed by atoms with Crippen LogP contribution in [-0.4, -0.2) is 61.2 Å². The molecule has 3 aromatic rings. The van der Waals surface area contributed by atoms with Crippen LogP contribution in [0.4, 0.5) is 8.78 Å². The van der Waals surface area contributed by atoms with Crippen molar-refractivity contribution in [1.82, 2.24) is 14.5 Å². The van der Waals surface area contributed by atoms with Crippen LogP contribution >= 0.6 is 23.2 Å². The molecule has 4 rings (SSSR count). The summed E-state index contributed by atoms with van der Waals surface area (Å²) >= 11 is 11.9. The van der Waals surface area contributed by atoms with Crippen LogP contribution in [0.15, 0.2) is 41.9 Å². The Morgan fingerprint density at radius 2 is 2.00 bits per heavy atom. The van der Waals surface area contributed by atoms with Gasteiger partial charge in [0, 0.05) is 6.20 Å². The summed E-state index contributed by atoms with van der Waals surface area (Å²) in [5, 5.41) is 36.4. The van der Waals surface area contributed by atoms with Crippen molar-refractivity contribution in [2.45, 2.75) is 37.1 Å². The lowest BCUT2D eigenvalue weighted by atomic mass is 9.99. The van der Waals surface area contributed by atoms with Crippen molar-refractivity contribution >= 4 is 34.2 Å². The van der Waals surface area contributed by atoms with E-state index in [4.69, 9.17) is 27.9 Å². The number of nitrogens with zero attached hydrogens (tertiary/aromatic N) is 3. The van der Waals surface area contributed by atoms with Crippen molar-refractivity contribution in [3.05, 3.63) is 57.9 Å². The number of H-pyrrole nitrogens is 1. The SMILES string of the molecule is OC(c1ccc(Cl)c(Cl)c1)[C@H]1O[C@@H](n2ccc3c(=NOCC(F)F)[nH]cnc32)[C@H](O)[C@@H]1O. The minimum Gasteiger partial charge on any atom is -0.388 e. The van der Waals surface area contributed by atoms with Gasteiger partial charge in [0.2, 0.25) is 0 Å². The summed E-state index contributed by atoms with van der Waals surface area (Å²) < 4.78 is 31.8. The van der Waals surface area contributed by atoms with E-state index >= 15 is 0 Å². The highest BCUT2D eigenvalue weighted by atomic mass is 35.5. The molecular formula is C19H18Cl2F2N4O5. The Hall–Kier alpha value is -2.28. The van der Waals surface area contributed by atoms with Crippen LogP contribution in [0.2, 0.25) is 10.0 Å². The number of aromatic amines is 1. The Labute approximate surface area is 189 Å². The van der Waals surface area contributed by atoms with Crippen LogP contribution in [-0.2, 0) is 9.57 Å². The van der Waals surface area contributed by atoms with Crippen LogP contribution in [0.25, 0.3) is 11.0 Å². The van der Waals surface area contributed by atoms with Crippen LogP contribution in [0.3, 0.4) is 0 Å². The molecule has 2 aromatic heterocycles. The molecule has 1 aliphatic rings. The number of hydrogen-bond acceptors (Lipinski definition) is 7. The van der Waals surface area contributed by atoms with Crippen LogP contribution in [0.5, 0.6) is 0 Å². The molecule has 32 heavy (non-hydrogen) atoms. The van der Waals surface area contributed by atoms with E-state index < -0.39 is 43.7 Å². The van der Waals surface area contributed by atoms with Gasteiger partial charge in [0.05, 0.1) is 21.8 Å². The van der Waals surface area contributed by atoms with Crippen molar-refractivity contribution in [2.75, 3.05) is 6.61 Å². The van der Waals surface area contributed by atoms with Crippen LogP contribution < -0.4 is 5.49 Å². The predicted molar refractivity (Wildman–Crippen MR) is 109 cm³/mol. The highest BCUT2D eigenvalue weighted by Crippen LogP contribution is 2.38. The van der Waals surface area contributed by atoms with E-state index in [-0.39, 0.29) is 16.2 Å². The zero-order valence-corrected chi connectivity index (χ0v) is 17.7. The average Bonchev–Trinajstić information content (AvgIpc) is 3.31. The van der Waals surface area contributed by atoms with Crippen molar-refractivity contribution in [2.24, 2.45) is 5.16 Å². The van der Waals surface area contributed by atoms with E-state index in [1.807, 2.05) is 0 Å². The van der Waals surface area contributed by atoms with Gasteiger partial charge in [-0.2, -0.15) is 0 Å². The summed E-state index contributed by atoms with van der Waals surface area (Å²) in [5.41, 5.74) is 0.762. The standard InChI is InChI=1S/C19H18Cl2F2N4O5/c20-10-2-1-8(5-11(10)21)13(28)16-14(29)15(30)19(32-16)27-4-3-9-17(24-7-25-18(9)27)26-31-6-12(22)23/h1-5,7,12-16,19,28-30H,6H2,(H,24,25,26)/t13?,14-,15+,16+,19+/m0/s1. The van der Waals surface area contributed by atoms with Gasteiger partial charge in [-0.3, -0.25) is 0 Å². The molecule has 13 heteroatoms. The number of fused-ring (bicyclic) bond motifs is 1. The Balaban J connectivity index is 1.62. The number of alkyl halides is 2. The topological polar surface area (TPSA) is 125 Å². The van der Waals surface area contributed by atoms with Gasteiger partial charge in [0.25, 0.3) is 6.43 Å². The quantitative estimate of drug-likeness (QED) is 0.392. The lowest BCUT2D eigenvalue weighted by molar-refractivity contribution is -0.0848. The summed E-state index contributed by atoms with van der Waals surface area (Å²) in [6.07, 6.45) is -6.33. The van der Waals surface area contributed by atoms with Gasteiger partial charge in [-0.25, -0.2) is 13.8 Å². The van der Waals surface area contributed by atoms with E-state index in [0.717, 1.165) is 0 Å². The number of aliphatic hydroxyl groups excluding tert-OH is 3. The molecule has 0 bridgehead atoms. The minimum atomic E-state index is -2.68. The fourth-order valence-corrected chi connectivity index (χ4v) is 3.80. The van der Waals surface area contributed by atoms with Gasteiger partial charge in [0.15, 0.2) is 18.3 Å². The van der Waals surface area contributed by atoms with Crippen molar-refractivity contribution in [3.63, 3.8) is 0 Å². The molecule has 9 nitrogen and oxygen atoms in total. The second-order valence-corrected chi connectivity index (χ2v) is 7.89. The molecule has 1 fully saturated rings. The normalized spacial score (nSPS) is 25.1. The summed E-state index contributed by atoms with van der Waals surface area (Å²) in [6.45, 7) is -0.872. The lowest BCUT2D eigenvalue weighted by Gasteiger charge is -2.21. The van der Waals surface area contributed by atoms with E-state index in [1.165, 1.54) is 35.3 Å². The number of nitrogens with one attached hydrogen (secondary N) is 1. The second-order valence-electron chi connectivity index (χ2n) is 7.08. The van der Waals surface area contributed by atoms with Crippen molar-refractivity contribution in [3.8, 4) is 0 Å². The first-order valence-electron chi connectivity index (χ1n) is 9.41. The number of ether oxygens (including phenoxy) is 1. The van der Waals surface area contributed by atoms with Crippen LogP contribution in [0, 0.1) is 0 Å². The molecule has 172 valence electrons. The molecule has 5 atom stereocenters. The van der Waals surface area contributed by atoms with E-state index in [0.29, 0.717) is 16.0 Å². The van der Waals surface area contributed by atoms with Gasteiger partial charge in [-0.15, -0.1) is 0 Å². The van der Waals surface area contributed by atoms with Crippen molar-refractivity contribution in [1.29, 1.82) is 0 Å². The molecule has 0 saturated carbocycles. The highest BCUT2D eigenvalue weighted by molar-refractivity contribution is 6.42. The maximum absolute atomic E-state index is 12.3. The molecule has 1 saturated heterocycles. The number of aromatic nitrogens is 3. The molecule has 0 aliphatic carbocycles. The number of hydrogen-bond donors (Lipinski definition) is 4. The van der Waals surface area contributed by atoms with E-state index in [1.54, 1.807) is 6.07 Å². The third-order valence-corrected chi connectivity index (χ3v) is 5.77. The van der Waals surface area contributed by atoms with Crippen LogP contribution in [0.1, 0.15) is 17.9 Å². The molecule has 3 heterocycles. The second kappa shape index (κ2) is 9.30. The maximum Gasteiger partial charge on any atom is 0.274 e. The Kier molecular flexibility index (Phi) is 6.65.